The van der Waals surface area contributed by atoms with Gasteiger partial charge in [-0.25, -0.2) is 12.8 Å². The van der Waals surface area contributed by atoms with E-state index in [2.05, 4.69) is 5.32 Å². The number of nitrogens with one attached hydrogen (secondary N) is 1. The Balaban J connectivity index is 1.35. The number of carbonyl (C=O) groups excluding carboxylic acids is 1. The first-order valence-electron chi connectivity index (χ1n) is 10.6. The fourth-order valence-electron chi connectivity index (χ4n) is 3.98. The molecular formula is C25H21FN2O5S. The zero-order valence-corrected chi connectivity index (χ0v) is 18.8. The van der Waals surface area contributed by atoms with Crippen molar-refractivity contribution in [2.75, 3.05) is 6.79 Å². The number of rotatable bonds is 7. The monoisotopic (exact) mass is 480 g/mol. The van der Waals surface area contributed by atoms with Gasteiger partial charge in [0.05, 0.1) is 10.6 Å². The maximum atomic E-state index is 13.5. The molecule has 0 unspecified atom stereocenters. The van der Waals surface area contributed by atoms with Gasteiger partial charge in [0.15, 0.2) is 21.3 Å². The SMILES string of the molecule is O=C(Cn1cc(S(=O)(=O)Cc2cccc(F)c2)c2ccccc21)NCc1ccc2c(c1)OCO2. The van der Waals surface area contributed by atoms with Crippen LogP contribution in [-0.4, -0.2) is 25.7 Å². The smallest absolute Gasteiger partial charge is 0.240 e. The van der Waals surface area contributed by atoms with E-state index < -0.39 is 15.7 Å². The van der Waals surface area contributed by atoms with Gasteiger partial charge in [-0.15, -0.1) is 0 Å². The van der Waals surface area contributed by atoms with Crippen molar-refractivity contribution in [3.05, 3.63) is 89.9 Å². The molecule has 0 saturated heterocycles. The lowest BCUT2D eigenvalue weighted by molar-refractivity contribution is -0.121. The van der Waals surface area contributed by atoms with E-state index in [9.17, 15) is 17.6 Å². The van der Waals surface area contributed by atoms with E-state index in [1.807, 2.05) is 12.1 Å². The molecular weight excluding hydrogens is 459 g/mol. The second-order valence-electron chi connectivity index (χ2n) is 7.99. The number of hydrogen-bond donors (Lipinski definition) is 1. The summed E-state index contributed by atoms with van der Waals surface area (Å²) in [5, 5.41) is 3.37. The third-order valence-electron chi connectivity index (χ3n) is 5.57. The Morgan fingerprint density at radius 1 is 0.971 bits per heavy atom. The molecule has 7 nitrogen and oxygen atoms in total. The second-order valence-corrected chi connectivity index (χ2v) is 9.95. The maximum absolute atomic E-state index is 13.5. The van der Waals surface area contributed by atoms with E-state index >= 15 is 0 Å². The number of para-hydroxylation sites is 1. The lowest BCUT2D eigenvalue weighted by Gasteiger charge is -2.08. The first kappa shape index (κ1) is 22.0. The third-order valence-corrected chi connectivity index (χ3v) is 7.28. The summed E-state index contributed by atoms with van der Waals surface area (Å²) in [6.45, 7) is 0.413. The van der Waals surface area contributed by atoms with Crippen molar-refractivity contribution in [1.29, 1.82) is 0 Å². The highest BCUT2D eigenvalue weighted by atomic mass is 32.2. The van der Waals surface area contributed by atoms with Crippen LogP contribution >= 0.6 is 0 Å². The molecule has 9 heteroatoms. The molecule has 0 fully saturated rings. The van der Waals surface area contributed by atoms with Gasteiger partial charge in [0.1, 0.15) is 12.4 Å². The van der Waals surface area contributed by atoms with Gasteiger partial charge in [0.2, 0.25) is 12.7 Å². The summed E-state index contributed by atoms with van der Waals surface area (Å²) in [5.41, 5.74) is 1.84. The van der Waals surface area contributed by atoms with Gasteiger partial charge in [-0.3, -0.25) is 4.79 Å². The van der Waals surface area contributed by atoms with Gasteiger partial charge in [-0.1, -0.05) is 36.4 Å². The number of aromatic nitrogens is 1. The molecule has 1 aromatic heterocycles. The minimum Gasteiger partial charge on any atom is -0.454 e. The van der Waals surface area contributed by atoms with E-state index in [0.717, 1.165) is 5.56 Å². The van der Waals surface area contributed by atoms with E-state index in [0.29, 0.717) is 34.5 Å². The topological polar surface area (TPSA) is 86.6 Å². The van der Waals surface area contributed by atoms with Crippen LogP contribution < -0.4 is 14.8 Å². The first-order chi connectivity index (χ1) is 16.4. The van der Waals surface area contributed by atoms with Gasteiger partial charge in [0, 0.05) is 23.6 Å². The summed E-state index contributed by atoms with van der Waals surface area (Å²) in [7, 11) is -3.78. The van der Waals surface area contributed by atoms with Crippen LogP contribution in [0.15, 0.2) is 77.8 Å². The van der Waals surface area contributed by atoms with E-state index in [1.165, 1.54) is 24.4 Å². The highest BCUT2D eigenvalue weighted by Gasteiger charge is 2.22. The lowest BCUT2D eigenvalue weighted by Crippen LogP contribution is -2.26. The molecule has 0 radical (unpaired) electrons. The summed E-state index contributed by atoms with van der Waals surface area (Å²) in [4.78, 5) is 12.8. The first-order valence-corrected chi connectivity index (χ1v) is 12.2. The van der Waals surface area contributed by atoms with Crippen molar-refractivity contribution in [3.63, 3.8) is 0 Å². The number of nitrogens with zero attached hydrogens (tertiary/aromatic N) is 1. The normalized spacial score (nSPS) is 12.7. The highest BCUT2D eigenvalue weighted by Crippen LogP contribution is 2.32. The highest BCUT2D eigenvalue weighted by molar-refractivity contribution is 7.90. The molecule has 0 aliphatic carbocycles. The molecule has 3 aromatic carbocycles. The fraction of sp³-hybridized carbons (Fsp3) is 0.160. The van der Waals surface area contributed by atoms with E-state index in [-0.39, 0.29) is 29.9 Å². The minimum atomic E-state index is -3.78. The zero-order chi connectivity index (χ0) is 23.7. The molecule has 4 aromatic rings. The van der Waals surface area contributed by atoms with Crippen molar-refractivity contribution in [2.45, 2.75) is 23.7 Å². The number of fused-ring (bicyclic) bond motifs is 2. The summed E-state index contributed by atoms with van der Waals surface area (Å²) in [6, 6.07) is 18.0. The standard InChI is InChI=1S/C25H21FN2O5S/c26-19-5-3-4-18(10-19)15-34(30,31)24-13-28(21-7-2-1-6-20(21)24)14-25(29)27-12-17-8-9-22-23(11-17)33-16-32-22/h1-11,13H,12,14-16H2,(H,27,29). The van der Waals surface area contributed by atoms with Crippen molar-refractivity contribution < 1.29 is 27.1 Å². The van der Waals surface area contributed by atoms with Crippen molar-refractivity contribution in [1.82, 2.24) is 9.88 Å². The third kappa shape index (κ3) is 4.47. The fourth-order valence-corrected chi connectivity index (χ4v) is 5.55. The van der Waals surface area contributed by atoms with Gasteiger partial charge < -0.3 is 19.4 Å². The van der Waals surface area contributed by atoms with Gasteiger partial charge in [0.25, 0.3) is 0 Å². The van der Waals surface area contributed by atoms with Gasteiger partial charge in [-0.05, 0) is 41.5 Å². The molecule has 0 spiro atoms. The van der Waals surface area contributed by atoms with E-state index in [1.54, 1.807) is 41.0 Å². The van der Waals surface area contributed by atoms with Crippen LogP contribution in [0.25, 0.3) is 10.9 Å². The molecule has 34 heavy (non-hydrogen) atoms. The summed E-state index contributed by atoms with van der Waals surface area (Å²) in [5.74, 6) is 0.202. The summed E-state index contributed by atoms with van der Waals surface area (Å²) in [6.07, 6.45) is 1.47. The minimum absolute atomic E-state index is 0.0550. The molecule has 0 atom stereocenters. The number of hydrogen-bond acceptors (Lipinski definition) is 5. The van der Waals surface area contributed by atoms with Gasteiger partial charge >= 0.3 is 0 Å². The molecule has 1 aliphatic heterocycles. The van der Waals surface area contributed by atoms with Crippen LogP contribution in [0, 0.1) is 5.82 Å². The Morgan fingerprint density at radius 3 is 2.65 bits per heavy atom. The average molecular weight is 481 g/mol. The number of benzene rings is 3. The summed E-state index contributed by atoms with van der Waals surface area (Å²) >= 11 is 0. The molecule has 1 aliphatic rings. The number of ether oxygens (including phenoxy) is 2. The van der Waals surface area contributed by atoms with E-state index in [4.69, 9.17) is 9.47 Å². The largest absolute Gasteiger partial charge is 0.454 e. The zero-order valence-electron chi connectivity index (χ0n) is 18.0. The van der Waals surface area contributed by atoms with Crippen LogP contribution in [0.2, 0.25) is 0 Å². The lowest BCUT2D eigenvalue weighted by atomic mass is 10.2. The Bertz CT molecular complexity index is 1500. The Kier molecular flexibility index (Phi) is 5.70. The molecule has 174 valence electrons. The van der Waals surface area contributed by atoms with Crippen molar-refractivity contribution in [3.8, 4) is 11.5 Å². The molecule has 1 amide bonds. The molecule has 2 heterocycles. The van der Waals surface area contributed by atoms with Crippen LogP contribution in [0.5, 0.6) is 11.5 Å². The molecule has 0 bridgehead atoms. The number of sulfone groups is 1. The molecule has 5 rings (SSSR count). The molecule has 1 N–H and O–H groups in total. The van der Waals surface area contributed by atoms with Crippen LogP contribution in [0.3, 0.4) is 0 Å². The maximum Gasteiger partial charge on any atom is 0.240 e. The van der Waals surface area contributed by atoms with Crippen molar-refractivity contribution >= 4 is 26.6 Å². The van der Waals surface area contributed by atoms with Crippen LogP contribution in [-0.2, 0) is 33.5 Å². The Morgan fingerprint density at radius 2 is 1.79 bits per heavy atom. The number of halogens is 1. The quantitative estimate of drug-likeness (QED) is 0.435. The number of carbonyl (C=O) groups is 1. The van der Waals surface area contributed by atoms with Gasteiger partial charge in [-0.2, -0.15) is 0 Å². The Labute approximate surface area is 195 Å². The predicted octanol–water partition coefficient (Wildman–Crippen LogP) is 3.80. The van der Waals surface area contributed by atoms with Crippen LogP contribution in [0.1, 0.15) is 11.1 Å². The second kappa shape index (κ2) is 8.83. The summed E-state index contributed by atoms with van der Waals surface area (Å²) < 4.78 is 52.2. The van der Waals surface area contributed by atoms with Crippen molar-refractivity contribution in [2.24, 2.45) is 0 Å². The molecule has 0 saturated carbocycles. The predicted molar refractivity (Wildman–Crippen MR) is 124 cm³/mol. The average Bonchev–Trinajstić information content (AvgIpc) is 3.42. The number of amides is 1. The van der Waals surface area contributed by atoms with Crippen LogP contribution in [0.4, 0.5) is 4.39 Å². The Hall–Kier alpha value is -3.85.